The zero-order valence-corrected chi connectivity index (χ0v) is 18.6. The van der Waals surface area contributed by atoms with E-state index in [4.69, 9.17) is 11.6 Å². The first kappa shape index (κ1) is 21.6. The van der Waals surface area contributed by atoms with E-state index in [1.165, 1.54) is 10.4 Å². The molecule has 1 amide bonds. The topological polar surface area (TPSA) is 84.6 Å². The van der Waals surface area contributed by atoms with E-state index in [1.54, 1.807) is 39.3 Å². The first-order valence-electron chi connectivity index (χ1n) is 9.97. The minimum atomic E-state index is -3.71. The van der Waals surface area contributed by atoms with Gasteiger partial charge < -0.3 is 4.90 Å². The molecule has 0 unspecified atom stereocenters. The number of carbonyl (C=O) groups is 1. The molecule has 1 saturated heterocycles. The van der Waals surface area contributed by atoms with Crippen molar-refractivity contribution >= 4 is 38.6 Å². The maximum absolute atomic E-state index is 12.9. The number of benzene rings is 2. The lowest BCUT2D eigenvalue weighted by molar-refractivity contribution is -0.132. The van der Waals surface area contributed by atoms with Gasteiger partial charge in [-0.2, -0.15) is 4.31 Å². The number of halogens is 1. The third kappa shape index (κ3) is 4.00. The summed E-state index contributed by atoms with van der Waals surface area (Å²) in [6.45, 7) is 1.28. The fourth-order valence-corrected chi connectivity index (χ4v) is 5.83. The van der Waals surface area contributed by atoms with Crippen LogP contribution in [0.3, 0.4) is 0 Å². The molecule has 0 aliphatic carbocycles. The van der Waals surface area contributed by atoms with Crippen LogP contribution in [0.5, 0.6) is 0 Å². The van der Waals surface area contributed by atoms with E-state index in [-0.39, 0.29) is 47.6 Å². The molecule has 0 N–H and O–H groups in total. The number of fused-ring (bicyclic) bond motifs is 1. The molecule has 1 aromatic heterocycles. The summed E-state index contributed by atoms with van der Waals surface area (Å²) in [5.74, 6) is -0.102. The van der Waals surface area contributed by atoms with Crippen molar-refractivity contribution in [3.8, 4) is 0 Å². The molecule has 0 spiro atoms. The first-order chi connectivity index (χ1) is 14.8. The van der Waals surface area contributed by atoms with Crippen LogP contribution in [-0.2, 0) is 28.4 Å². The number of imidazole rings is 1. The Morgan fingerprint density at radius 2 is 1.58 bits per heavy atom. The van der Waals surface area contributed by atoms with Gasteiger partial charge in [0.2, 0.25) is 15.9 Å². The van der Waals surface area contributed by atoms with Crippen LogP contribution in [0, 0.1) is 0 Å². The van der Waals surface area contributed by atoms with Crippen molar-refractivity contribution in [2.75, 3.05) is 26.2 Å². The minimum Gasteiger partial charge on any atom is -0.340 e. The quantitative estimate of drug-likeness (QED) is 0.579. The Morgan fingerprint density at radius 1 is 0.968 bits per heavy atom. The van der Waals surface area contributed by atoms with E-state index in [9.17, 15) is 18.0 Å². The molecule has 0 saturated carbocycles. The van der Waals surface area contributed by atoms with Gasteiger partial charge in [-0.15, -0.1) is 0 Å². The van der Waals surface area contributed by atoms with E-state index in [1.807, 2.05) is 24.3 Å². The molecular formula is C21H23ClN4O4S. The van der Waals surface area contributed by atoms with E-state index >= 15 is 0 Å². The molecular weight excluding hydrogens is 440 g/mol. The predicted molar refractivity (Wildman–Crippen MR) is 119 cm³/mol. The minimum absolute atomic E-state index is 0.0757. The van der Waals surface area contributed by atoms with Gasteiger partial charge in [-0.05, 0) is 24.3 Å². The molecule has 0 radical (unpaired) electrons. The molecule has 31 heavy (non-hydrogen) atoms. The number of nitrogens with zero attached hydrogens (tertiary/aromatic N) is 4. The Morgan fingerprint density at radius 3 is 2.26 bits per heavy atom. The summed E-state index contributed by atoms with van der Waals surface area (Å²) in [5, 5.41) is 0.182. The Balaban J connectivity index is 1.40. The van der Waals surface area contributed by atoms with Gasteiger partial charge in [-0.1, -0.05) is 35.9 Å². The average Bonchev–Trinajstić information content (AvgIpc) is 3.02. The Kier molecular flexibility index (Phi) is 5.92. The van der Waals surface area contributed by atoms with Crippen LogP contribution in [0.15, 0.2) is 58.2 Å². The van der Waals surface area contributed by atoms with Crippen molar-refractivity contribution in [1.29, 1.82) is 0 Å². The first-order valence-corrected chi connectivity index (χ1v) is 11.8. The molecule has 1 aliphatic rings. The van der Waals surface area contributed by atoms with Crippen LogP contribution in [0.1, 0.15) is 6.42 Å². The molecule has 4 rings (SSSR count). The van der Waals surface area contributed by atoms with Gasteiger partial charge in [-0.3, -0.25) is 13.9 Å². The zero-order chi connectivity index (χ0) is 22.2. The normalized spacial score (nSPS) is 15.5. The lowest BCUT2D eigenvalue weighted by Crippen LogP contribution is -2.50. The van der Waals surface area contributed by atoms with Gasteiger partial charge in [-0.25, -0.2) is 13.2 Å². The molecule has 0 bridgehead atoms. The standard InChI is InChI=1S/C21H23ClN4O4S/c1-23-17-7-3-4-8-18(17)26(21(23)28)11-10-20(27)24-12-14-25(15-13-24)31(29,30)19-9-5-2-6-16(19)22/h2-9H,10-15H2,1H3. The summed E-state index contributed by atoms with van der Waals surface area (Å²) in [5.41, 5.74) is 1.45. The second-order valence-electron chi connectivity index (χ2n) is 7.45. The van der Waals surface area contributed by atoms with Crippen molar-refractivity contribution in [1.82, 2.24) is 18.3 Å². The second-order valence-corrected chi connectivity index (χ2v) is 9.76. The molecule has 8 nitrogen and oxygen atoms in total. The van der Waals surface area contributed by atoms with Crippen molar-refractivity contribution < 1.29 is 13.2 Å². The van der Waals surface area contributed by atoms with E-state index < -0.39 is 10.0 Å². The fraction of sp³-hybridized carbons (Fsp3) is 0.333. The van der Waals surface area contributed by atoms with Gasteiger partial charge in [0.15, 0.2) is 0 Å². The van der Waals surface area contributed by atoms with Crippen molar-refractivity contribution in [3.05, 3.63) is 64.0 Å². The molecule has 164 valence electrons. The maximum atomic E-state index is 12.9. The molecule has 10 heteroatoms. The van der Waals surface area contributed by atoms with Crippen LogP contribution in [0.4, 0.5) is 0 Å². The Hall–Kier alpha value is -2.62. The average molecular weight is 463 g/mol. The van der Waals surface area contributed by atoms with E-state index in [0.717, 1.165) is 11.0 Å². The highest BCUT2D eigenvalue weighted by Crippen LogP contribution is 2.25. The highest BCUT2D eigenvalue weighted by molar-refractivity contribution is 7.89. The summed E-state index contributed by atoms with van der Waals surface area (Å²) in [4.78, 5) is 27.0. The third-order valence-electron chi connectivity index (χ3n) is 5.65. The second kappa shape index (κ2) is 8.49. The molecule has 2 heterocycles. The Labute approximate surface area is 185 Å². The van der Waals surface area contributed by atoms with Crippen molar-refractivity contribution in [3.63, 3.8) is 0 Å². The van der Waals surface area contributed by atoms with Crippen LogP contribution in [0.2, 0.25) is 5.02 Å². The van der Waals surface area contributed by atoms with Gasteiger partial charge in [0, 0.05) is 46.2 Å². The SMILES string of the molecule is Cn1c(=O)n(CCC(=O)N2CCN(S(=O)(=O)c3ccccc3Cl)CC2)c2ccccc21. The lowest BCUT2D eigenvalue weighted by atomic mass is 10.3. The zero-order valence-electron chi connectivity index (χ0n) is 17.1. The fourth-order valence-electron chi connectivity index (χ4n) is 3.92. The van der Waals surface area contributed by atoms with Crippen LogP contribution in [0.25, 0.3) is 11.0 Å². The number of para-hydroxylation sites is 2. The number of piperazine rings is 1. The van der Waals surface area contributed by atoms with Crippen molar-refractivity contribution in [2.45, 2.75) is 17.9 Å². The molecule has 1 fully saturated rings. The molecule has 1 aliphatic heterocycles. The van der Waals surface area contributed by atoms with Gasteiger partial charge >= 0.3 is 5.69 Å². The maximum Gasteiger partial charge on any atom is 0.328 e. The number of sulfonamides is 1. The monoisotopic (exact) mass is 462 g/mol. The molecule has 0 atom stereocenters. The largest absolute Gasteiger partial charge is 0.340 e. The predicted octanol–water partition coefficient (Wildman–Crippen LogP) is 1.92. The highest BCUT2D eigenvalue weighted by Gasteiger charge is 2.31. The van der Waals surface area contributed by atoms with Crippen molar-refractivity contribution in [2.24, 2.45) is 7.05 Å². The third-order valence-corrected chi connectivity index (χ3v) is 8.05. The van der Waals surface area contributed by atoms with Gasteiger partial charge in [0.1, 0.15) is 4.90 Å². The summed E-state index contributed by atoms with van der Waals surface area (Å²) in [6, 6.07) is 13.8. The summed E-state index contributed by atoms with van der Waals surface area (Å²) < 4.78 is 30.2. The van der Waals surface area contributed by atoms with E-state index in [2.05, 4.69) is 0 Å². The smallest absolute Gasteiger partial charge is 0.328 e. The number of aromatic nitrogens is 2. The molecule has 3 aromatic rings. The summed E-state index contributed by atoms with van der Waals surface area (Å²) >= 11 is 6.06. The van der Waals surface area contributed by atoms with E-state index in [0.29, 0.717) is 13.1 Å². The number of carbonyl (C=O) groups excluding carboxylic acids is 1. The number of rotatable bonds is 5. The number of hydrogen-bond donors (Lipinski definition) is 0. The van der Waals surface area contributed by atoms with Crippen LogP contribution < -0.4 is 5.69 Å². The Bertz CT molecular complexity index is 1290. The number of amides is 1. The number of hydrogen-bond acceptors (Lipinski definition) is 4. The number of aryl methyl sites for hydroxylation is 2. The highest BCUT2D eigenvalue weighted by atomic mass is 35.5. The summed E-state index contributed by atoms with van der Waals surface area (Å²) in [7, 11) is -2.00. The van der Waals surface area contributed by atoms with Crippen LogP contribution >= 0.6 is 11.6 Å². The van der Waals surface area contributed by atoms with Gasteiger partial charge in [0.05, 0.1) is 16.1 Å². The van der Waals surface area contributed by atoms with Crippen LogP contribution in [-0.4, -0.2) is 58.8 Å². The van der Waals surface area contributed by atoms with Gasteiger partial charge in [0.25, 0.3) is 0 Å². The lowest BCUT2D eigenvalue weighted by Gasteiger charge is -2.34. The summed E-state index contributed by atoms with van der Waals surface area (Å²) in [6.07, 6.45) is 0.172. The molecule has 2 aromatic carbocycles.